The van der Waals surface area contributed by atoms with Crippen molar-refractivity contribution in [2.45, 2.75) is 51.0 Å². The number of carbonyl (C=O) groups is 3. The van der Waals surface area contributed by atoms with Gasteiger partial charge in [-0.05, 0) is 44.5 Å². The summed E-state index contributed by atoms with van der Waals surface area (Å²) in [6.07, 6.45) is -3.83. The van der Waals surface area contributed by atoms with E-state index in [1.165, 1.54) is 18.2 Å². The molecule has 0 spiro atoms. The Balaban J connectivity index is 1.37. The number of para-hydroxylation sites is 2. The van der Waals surface area contributed by atoms with E-state index in [2.05, 4.69) is 5.32 Å². The Morgan fingerprint density at radius 1 is 1.14 bits per heavy atom. The largest absolute Gasteiger partial charge is 0.491 e. The molecule has 1 N–H and O–H groups in total. The van der Waals surface area contributed by atoms with Crippen molar-refractivity contribution in [1.29, 1.82) is 0 Å². The molecule has 0 aliphatic carbocycles. The summed E-state index contributed by atoms with van der Waals surface area (Å²) in [5.41, 5.74) is -0.760. The van der Waals surface area contributed by atoms with Crippen molar-refractivity contribution in [3.05, 3.63) is 59.7 Å². The van der Waals surface area contributed by atoms with E-state index in [-0.39, 0.29) is 43.0 Å². The maximum Gasteiger partial charge on any atom is 0.419 e. The van der Waals surface area contributed by atoms with Gasteiger partial charge >= 0.3 is 6.18 Å². The van der Waals surface area contributed by atoms with Gasteiger partial charge in [0.25, 0.3) is 5.91 Å². The van der Waals surface area contributed by atoms with Crippen LogP contribution in [0.25, 0.3) is 0 Å². The number of carbonyl (C=O) groups excluding carboxylic acids is 3. The summed E-state index contributed by atoms with van der Waals surface area (Å²) in [6.45, 7) is 3.37. The lowest BCUT2D eigenvalue weighted by Gasteiger charge is -2.48. The van der Waals surface area contributed by atoms with Crippen molar-refractivity contribution in [2.75, 3.05) is 18.1 Å². The molecular weight excluding hydrogens is 463 g/mol. The number of fused-ring (bicyclic) bond motifs is 3. The fraction of sp³-hybridized carbons (Fsp3) is 0.400. The molecule has 4 rings (SSSR count). The van der Waals surface area contributed by atoms with Crippen molar-refractivity contribution in [2.24, 2.45) is 0 Å². The summed E-state index contributed by atoms with van der Waals surface area (Å²) in [5, 5.41) is 2.70. The van der Waals surface area contributed by atoms with E-state index in [9.17, 15) is 27.6 Å². The minimum absolute atomic E-state index is 0.0327. The number of anilines is 1. The summed E-state index contributed by atoms with van der Waals surface area (Å²) >= 11 is 0. The van der Waals surface area contributed by atoms with Gasteiger partial charge in [0.15, 0.2) is 0 Å². The number of hydrogen-bond acceptors (Lipinski definition) is 4. The number of ether oxygens (including phenoxy) is 1. The molecule has 0 bridgehead atoms. The minimum Gasteiger partial charge on any atom is -0.491 e. The zero-order valence-corrected chi connectivity index (χ0v) is 19.4. The highest BCUT2D eigenvalue weighted by Crippen LogP contribution is 2.44. The summed E-state index contributed by atoms with van der Waals surface area (Å²) in [7, 11) is 0. The van der Waals surface area contributed by atoms with E-state index >= 15 is 0 Å². The van der Waals surface area contributed by atoms with E-state index in [0.29, 0.717) is 24.1 Å². The Bertz CT molecular complexity index is 1150. The number of halogens is 3. The topological polar surface area (TPSA) is 79.0 Å². The number of alkyl halides is 3. The second kappa shape index (κ2) is 9.24. The number of rotatable bonds is 7. The fourth-order valence-corrected chi connectivity index (χ4v) is 4.69. The Kier molecular flexibility index (Phi) is 6.48. The molecule has 0 radical (unpaired) electrons. The number of hydrogen-bond donors (Lipinski definition) is 1. The van der Waals surface area contributed by atoms with E-state index in [1.54, 1.807) is 41.0 Å². The third-order valence-electron chi connectivity index (χ3n) is 6.40. The van der Waals surface area contributed by atoms with Gasteiger partial charge in [0.1, 0.15) is 18.0 Å². The number of nitrogens with one attached hydrogen (secondary N) is 1. The predicted molar refractivity (Wildman–Crippen MR) is 122 cm³/mol. The van der Waals surface area contributed by atoms with Crippen LogP contribution < -0.4 is 15.0 Å². The normalized spacial score (nSPS) is 20.4. The molecule has 0 saturated carbocycles. The zero-order chi connectivity index (χ0) is 25.4. The van der Waals surface area contributed by atoms with Crippen LogP contribution in [-0.4, -0.2) is 47.5 Å². The summed E-state index contributed by atoms with van der Waals surface area (Å²) in [5.74, 6) is -1.01. The molecule has 2 aliphatic rings. The Morgan fingerprint density at radius 3 is 2.57 bits per heavy atom. The molecule has 2 heterocycles. The molecule has 2 atom stereocenters. The van der Waals surface area contributed by atoms with Gasteiger partial charge in [0.2, 0.25) is 11.8 Å². The van der Waals surface area contributed by atoms with Gasteiger partial charge in [-0.25, -0.2) is 0 Å². The monoisotopic (exact) mass is 489 g/mol. The van der Waals surface area contributed by atoms with Crippen LogP contribution in [0, 0.1) is 0 Å². The molecule has 1 fully saturated rings. The first-order chi connectivity index (χ1) is 16.5. The van der Waals surface area contributed by atoms with Crippen molar-refractivity contribution in [1.82, 2.24) is 10.2 Å². The van der Waals surface area contributed by atoms with Crippen LogP contribution >= 0.6 is 0 Å². The van der Waals surface area contributed by atoms with Gasteiger partial charge in [-0.1, -0.05) is 24.3 Å². The fourth-order valence-electron chi connectivity index (χ4n) is 4.69. The Morgan fingerprint density at radius 2 is 1.83 bits per heavy atom. The van der Waals surface area contributed by atoms with Crippen LogP contribution in [0.3, 0.4) is 0 Å². The standard InChI is InChI=1S/C25H26F3N3O4/c1-16(15-35-20-10-6-4-8-18(20)25(26,27)28)29-21(32)12-14-30-23(34)17-7-3-5-9-19(17)31-22(33)11-13-24(30,31)2/h3-10,16H,11-15H2,1-2H3,(H,29,32). The molecule has 35 heavy (non-hydrogen) atoms. The maximum atomic E-state index is 13.2. The van der Waals surface area contributed by atoms with Gasteiger partial charge < -0.3 is 15.0 Å². The van der Waals surface area contributed by atoms with Crippen molar-refractivity contribution in [3.8, 4) is 5.75 Å². The van der Waals surface area contributed by atoms with E-state index < -0.39 is 23.4 Å². The third-order valence-corrected chi connectivity index (χ3v) is 6.40. The maximum absolute atomic E-state index is 13.2. The molecule has 2 aliphatic heterocycles. The van der Waals surface area contributed by atoms with E-state index in [1.807, 2.05) is 6.92 Å². The second-order valence-corrected chi connectivity index (χ2v) is 8.94. The number of amides is 3. The van der Waals surface area contributed by atoms with Gasteiger partial charge in [-0.15, -0.1) is 0 Å². The molecule has 2 aromatic carbocycles. The van der Waals surface area contributed by atoms with Crippen molar-refractivity contribution in [3.63, 3.8) is 0 Å². The van der Waals surface area contributed by atoms with Crippen LogP contribution in [0.2, 0.25) is 0 Å². The van der Waals surface area contributed by atoms with Gasteiger partial charge in [0.05, 0.1) is 22.9 Å². The first-order valence-electron chi connectivity index (χ1n) is 11.3. The molecule has 10 heteroatoms. The lowest BCUT2D eigenvalue weighted by atomic mass is 9.98. The molecule has 2 aromatic rings. The van der Waals surface area contributed by atoms with Gasteiger partial charge in [-0.3, -0.25) is 19.3 Å². The van der Waals surface area contributed by atoms with E-state index in [4.69, 9.17) is 4.74 Å². The average Bonchev–Trinajstić information content (AvgIpc) is 3.12. The molecule has 2 unspecified atom stereocenters. The summed E-state index contributed by atoms with van der Waals surface area (Å²) < 4.78 is 44.7. The highest BCUT2D eigenvalue weighted by molar-refractivity contribution is 6.10. The SMILES string of the molecule is CC(COc1ccccc1C(F)(F)F)NC(=O)CCN1C(=O)c2ccccc2N2C(=O)CCC12C. The second-order valence-electron chi connectivity index (χ2n) is 8.94. The third kappa shape index (κ3) is 4.69. The zero-order valence-electron chi connectivity index (χ0n) is 19.4. The molecule has 3 amide bonds. The van der Waals surface area contributed by atoms with Crippen molar-refractivity contribution < 1.29 is 32.3 Å². The molecule has 1 saturated heterocycles. The molecule has 186 valence electrons. The average molecular weight is 489 g/mol. The van der Waals surface area contributed by atoms with Crippen LogP contribution in [-0.2, 0) is 15.8 Å². The van der Waals surface area contributed by atoms with Crippen LogP contribution in [0.1, 0.15) is 49.0 Å². The van der Waals surface area contributed by atoms with Crippen molar-refractivity contribution >= 4 is 23.4 Å². The summed E-state index contributed by atoms with van der Waals surface area (Å²) in [6, 6.07) is 11.2. The predicted octanol–water partition coefficient (Wildman–Crippen LogP) is 3.98. The molecule has 0 aromatic heterocycles. The lowest BCUT2D eigenvalue weighted by molar-refractivity contribution is -0.139. The quantitative estimate of drug-likeness (QED) is 0.638. The van der Waals surface area contributed by atoms with Gasteiger partial charge in [0, 0.05) is 19.4 Å². The first-order valence-corrected chi connectivity index (χ1v) is 11.3. The Labute approximate surface area is 200 Å². The highest BCUT2D eigenvalue weighted by atomic mass is 19.4. The van der Waals surface area contributed by atoms with Crippen LogP contribution in [0.4, 0.5) is 18.9 Å². The van der Waals surface area contributed by atoms with Crippen LogP contribution in [0.15, 0.2) is 48.5 Å². The van der Waals surface area contributed by atoms with Crippen LogP contribution in [0.5, 0.6) is 5.75 Å². The molecular formula is C25H26F3N3O4. The Hall–Kier alpha value is -3.56. The number of benzene rings is 2. The molecule has 7 nitrogen and oxygen atoms in total. The summed E-state index contributed by atoms with van der Waals surface area (Å²) in [4.78, 5) is 41.6. The first kappa shape index (κ1) is 24.6. The van der Waals surface area contributed by atoms with Gasteiger partial charge in [-0.2, -0.15) is 13.2 Å². The minimum atomic E-state index is -4.55. The lowest BCUT2D eigenvalue weighted by Crippen LogP contribution is -2.62. The highest BCUT2D eigenvalue weighted by Gasteiger charge is 2.52. The van der Waals surface area contributed by atoms with E-state index in [0.717, 1.165) is 6.07 Å². The number of nitrogens with zero attached hydrogens (tertiary/aromatic N) is 2. The smallest absolute Gasteiger partial charge is 0.419 e.